The number of hydrogen-bond acceptors (Lipinski definition) is 3. The van der Waals surface area contributed by atoms with E-state index < -0.39 is 0 Å². The van der Waals surface area contributed by atoms with Gasteiger partial charge in [-0.2, -0.15) is 0 Å². The SMILES string of the molecule is C=CCCCCN(C)C(=O)C1CC(C)CC1C(=O)OC. The monoisotopic (exact) mass is 281 g/mol. The fraction of sp³-hybridized carbons (Fsp3) is 0.750. The fourth-order valence-electron chi connectivity index (χ4n) is 3.01. The summed E-state index contributed by atoms with van der Waals surface area (Å²) in [5, 5.41) is 0. The number of allylic oxidation sites excluding steroid dienone is 1. The average molecular weight is 281 g/mol. The summed E-state index contributed by atoms with van der Waals surface area (Å²) in [6.07, 6.45) is 6.44. The lowest BCUT2D eigenvalue weighted by Gasteiger charge is -2.24. The van der Waals surface area contributed by atoms with Crippen molar-refractivity contribution >= 4 is 11.9 Å². The Kier molecular flexibility index (Phi) is 6.76. The van der Waals surface area contributed by atoms with Crippen LogP contribution in [0.25, 0.3) is 0 Å². The molecular formula is C16H27NO3. The summed E-state index contributed by atoms with van der Waals surface area (Å²) in [7, 11) is 3.22. The molecule has 3 unspecified atom stereocenters. The summed E-state index contributed by atoms with van der Waals surface area (Å²) in [5.41, 5.74) is 0. The fourth-order valence-corrected chi connectivity index (χ4v) is 3.01. The van der Waals surface area contributed by atoms with Crippen molar-refractivity contribution in [1.82, 2.24) is 4.90 Å². The number of carbonyl (C=O) groups is 2. The molecule has 0 aromatic heterocycles. The zero-order valence-corrected chi connectivity index (χ0v) is 12.9. The minimum absolute atomic E-state index is 0.0864. The summed E-state index contributed by atoms with van der Waals surface area (Å²) in [6.45, 7) is 6.52. The number of nitrogens with zero attached hydrogens (tertiary/aromatic N) is 1. The van der Waals surface area contributed by atoms with E-state index in [2.05, 4.69) is 13.5 Å². The molecule has 20 heavy (non-hydrogen) atoms. The first-order valence-corrected chi connectivity index (χ1v) is 7.45. The Morgan fingerprint density at radius 3 is 2.55 bits per heavy atom. The third-order valence-corrected chi connectivity index (χ3v) is 4.15. The van der Waals surface area contributed by atoms with Crippen molar-refractivity contribution in [1.29, 1.82) is 0 Å². The van der Waals surface area contributed by atoms with Crippen LogP contribution in [0.2, 0.25) is 0 Å². The molecule has 1 aliphatic carbocycles. The molecule has 0 aliphatic heterocycles. The van der Waals surface area contributed by atoms with Gasteiger partial charge >= 0.3 is 5.97 Å². The van der Waals surface area contributed by atoms with Crippen LogP contribution < -0.4 is 0 Å². The molecule has 4 heteroatoms. The maximum atomic E-state index is 12.5. The van der Waals surface area contributed by atoms with E-state index >= 15 is 0 Å². The molecule has 1 saturated carbocycles. The van der Waals surface area contributed by atoms with Gasteiger partial charge in [0.05, 0.1) is 18.9 Å². The van der Waals surface area contributed by atoms with E-state index in [1.54, 1.807) is 4.90 Å². The number of unbranched alkanes of at least 4 members (excludes halogenated alkanes) is 2. The van der Waals surface area contributed by atoms with Crippen LogP contribution in [0.5, 0.6) is 0 Å². The van der Waals surface area contributed by atoms with Crippen molar-refractivity contribution in [3.8, 4) is 0 Å². The molecule has 1 fully saturated rings. The normalized spacial score (nSPS) is 25.2. The third kappa shape index (κ3) is 4.36. The molecule has 1 rings (SSSR count). The first kappa shape index (κ1) is 16.7. The first-order chi connectivity index (χ1) is 9.51. The topological polar surface area (TPSA) is 46.6 Å². The average Bonchev–Trinajstić information content (AvgIpc) is 2.83. The van der Waals surface area contributed by atoms with Gasteiger partial charge in [-0.05, 0) is 38.0 Å². The van der Waals surface area contributed by atoms with E-state index in [-0.39, 0.29) is 23.7 Å². The maximum Gasteiger partial charge on any atom is 0.309 e. The van der Waals surface area contributed by atoms with Crippen LogP contribution in [0.4, 0.5) is 0 Å². The Labute approximate surface area is 122 Å². The first-order valence-electron chi connectivity index (χ1n) is 7.45. The number of carbonyl (C=O) groups excluding carboxylic acids is 2. The van der Waals surface area contributed by atoms with Gasteiger partial charge in [-0.1, -0.05) is 13.0 Å². The lowest BCUT2D eigenvalue weighted by Crippen LogP contribution is -2.37. The highest BCUT2D eigenvalue weighted by Crippen LogP contribution is 2.37. The van der Waals surface area contributed by atoms with Crippen LogP contribution in [-0.4, -0.2) is 37.5 Å². The molecule has 0 N–H and O–H groups in total. The van der Waals surface area contributed by atoms with Crippen molar-refractivity contribution in [2.24, 2.45) is 17.8 Å². The predicted molar refractivity (Wildman–Crippen MR) is 79.1 cm³/mol. The van der Waals surface area contributed by atoms with Crippen LogP contribution in [0, 0.1) is 17.8 Å². The quantitative estimate of drug-likeness (QED) is 0.409. The highest BCUT2D eigenvalue weighted by atomic mass is 16.5. The number of esters is 1. The van der Waals surface area contributed by atoms with Gasteiger partial charge in [-0.15, -0.1) is 6.58 Å². The second-order valence-corrected chi connectivity index (χ2v) is 5.86. The third-order valence-electron chi connectivity index (χ3n) is 4.15. The number of rotatable bonds is 7. The standard InChI is InChI=1S/C16H27NO3/c1-5-6-7-8-9-17(3)15(18)13-10-12(2)11-14(13)16(19)20-4/h5,12-14H,1,6-11H2,2-4H3. The van der Waals surface area contributed by atoms with Gasteiger partial charge < -0.3 is 9.64 Å². The van der Waals surface area contributed by atoms with E-state index in [0.29, 0.717) is 5.92 Å². The number of amides is 1. The largest absolute Gasteiger partial charge is 0.469 e. The summed E-state index contributed by atoms with van der Waals surface area (Å²) < 4.78 is 4.83. The molecular weight excluding hydrogens is 254 g/mol. The van der Waals surface area contributed by atoms with Crippen LogP contribution >= 0.6 is 0 Å². The molecule has 0 spiro atoms. The Morgan fingerprint density at radius 1 is 1.30 bits per heavy atom. The maximum absolute atomic E-state index is 12.5. The van der Waals surface area contributed by atoms with E-state index in [1.807, 2.05) is 13.1 Å². The van der Waals surface area contributed by atoms with Gasteiger partial charge in [0, 0.05) is 13.6 Å². The second kappa shape index (κ2) is 8.08. The Bertz CT molecular complexity index is 354. The molecule has 0 aromatic rings. The number of methoxy groups -OCH3 is 1. The minimum atomic E-state index is -0.266. The minimum Gasteiger partial charge on any atom is -0.469 e. The van der Waals surface area contributed by atoms with Crippen molar-refractivity contribution < 1.29 is 14.3 Å². The molecule has 0 heterocycles. The Hall–Kier alpha value is -1.32. The van der Waals surface area contributed by atoms with Crippen molar-refractivity contribution in [3.63, 3.8) is 0 Å². The van der Waals surface area contributed by atoms with Gasteiger partial charge in [-0.3, -0.25) is 9.59 Å². The van der Waals surface area contributed by atoms with Crippen molar-refractivity contribution in [3.05, 3.63) is 12.7 Å². The molecule has 0 saturated heterocycles. The smallest absolute Gasteiger partial charge is 0.309 e. The van der Waals surface area contributed by atoms with E-state index in [4.69, 9.17) is 4.74 Å². The molecule has 3 atom stereocenters. The number of hydrogen-bond donors (Lipinski definition) is 0. The molecule has 114 valence electrons. The van der Waals surface area contributed by atoms with E-state index in [0.717, 1.165) is 38.6 Å². The van der Waals surface area contributed by atoms with E-state index in [9.17, 15) is 9.59 Å². The van der Waals surface area contributed by atoms with Gasteiger partial charge in [-0.25, -0.2) is 0 Å². The Morgan fingerprint density at radius 2 is 1.95 bits per heavy atom. The zero-order valence-electron chi connectivity index (χ0n) is 12.9. The van der Waals surface area contributed by atoms with Crippen LogP contribution in [-0.2, 0) is 14.3 Å². The zero-order chi connectivity index (χ0) is 15.1. The van der Waals surface area contributed by atoms with Gasteiger partial charge in [0.2, 0.25) is 5.91 Å². The van der Waals surface area contributed by atoms with Crippen molar-refractivity contribution in [2.75, 3.05) is 20.7 Å². The Balaban J connectivity index is 2.55. The molecule has 0 bridgehead atoms. The highest BCUT2D eigenvalue weighted by Gasteiger charge is 2.42. The molecule has 1 aliphatic rings. The lowest BCUT2D eigenvalue weighted by molar-refractivity contribution is -0.151. The molecule has 4 nitrogen and oxygen atoms in total. The van der Waals surface area contributed by atoms with Crippen LogP contribution in [0.15, 0.2) is 12.7 Å². The van der Waals surface area contributed by atoms with E-state index in [1.165, 1.54) is 7.11 Å². The summed E-state index contributed by atoms with van der Waals surface area (Å²) in [4.78, 5) is 26.0. The van der Waals surface area contributed by atoms with Crippen LogP contribution in [0.1, 0.15) is 39.0 Å². The molecule has 1 amide bonds. The molecule has 0 aromatic carbocycles. The summed E-state index contributed by atoms with van der Waals surface area (Å²) in [5.74, 6) is -0.224. The predicted octanol–water partition coefficient (Wildman–Crippen LogP) is 2.64. The molecule has 0 radical (unpaired) electrons. The summed E-state index contributed by atoms with van der Waals surface area (Å²) in [6, 6.07) is 0. The van der Waals surface area contributed by atoms with Crippen LogP contribution in [0.3, 0.4) is 0 Å². The second-order valence-electron chi connectivity index (χ2n) is 5.86. The van der Waals surface area contributed by atoms with Gasteiger partial charge in [0.1, 0.15) is 0 Å². The van der Waals surface area contributed by atoms with Crippen molar-refractivity contribution in [2.45, 2.75) is 39.0 Å². The highest BCUT2D eigenvalue weighted by molar-refractivity contribution is 5.85. The van der Waals surface area contributed by atoms with Gasteiger partial charge in [0.15, 0.2) is 0 Å². The lowest BCUT2D eigenvalue weighted by atomic mass is 9.94. The summed E-state index contributed by atoms with van der Waals surface area (Å²) >= 11 is 0. The van der Waals surface area contributed by atoms with Gasteiger partial charge in [0.25, 0.3) is 0 Å². The number of ether oxygens (including phenoxy) is 1.